The molecule has 1 aromatic carbocycles. The molecule has 1 aromatic heterocycles. The van der Waals surface area contributed by atoms with Gasteiger partial charge in [-0.1, -0.05) is 25.3 Å². The fourth-order valence-electron chi connectivity index (χ4n) is 4.01. The van der Waals surface area contributed by atoms with E-state index in [1.54, 1.807) is 0 Å². The summed E-state index contributed by atoms with van der Waals surface area (Å²) >= 11 is 0. The summed E-state index contributed by atoms with van der Waals surface area (Å²) in [5.41, 5.74) is 3.20. The second kappa shape index (κ2) is 8.14. The quantitative estimate of drug-likeness (QED) is 0.913. The van der Waals surface area contributed by atoms with Crippen LogP contribution in [0.15, 0.2) is 30.6 Å². The van der Waals surface area contributed by atoms with Crippen LogP contribution in [0, 0.1) is 0 Å². The Labute approximate surface area is 155 Å². The van der Waals surface area contributed by atoms with E-state index >= 15 is 0 Å². The molecule has 0 radical (unpaired) electrons. The number of hydrogen-bond acceptors (Lipinski definition) is 5. The van der Waals surface area contributed by atoms with Crippen molar-refractivity contribution in [2.75, 3.05) is 13.2 Å². The number of rotatable bonds is 4. The maximum atomic E-state index is 9.37. The van der Waals surface area contributed by atoms with Gasteiger partial charge in [-0.2, -0.15) is 0 Å². The Morgan fingerprint density at radius 1 is 1.08 bits per heavy atom. The highest BCUT2D eigenvalue weighted by molar-refractivity contribution is 5.37. The molecule has 1 aliphatic carbocycles. The maximum Gasteiger partial charge on any atom is 0.131 e. The Morgan fingerprint density at radius 3 is 2.65 bits per heavy atom. The van der Waals surface area contributed by atoms with Gasteiger partial charge in [0.1, 0.15) is 18.2 Å². The number of hydrogen-bond donors (Lipinski definition) is 1. The molecule has 2 heterocycles. The second-order valence-corrected chi connectivity index (χ2v) is 7.44. The lowest BCUT2D eigenvalue weighted by atomic mass is 9.89. The van der Waals surface area contributed by atoms with Crippen molar-refractivity contribution in [1.82, 2.24) is 14.9 Å². The molecule has 5 heteroatoms. The molecule has 5 nitrogen and oxygen atoms in total. The predicted octanol–water partition coefficient (Wildman–Crippen LogP) is 3.41. The molecule has 4 rings (SSSR count). The van der Waals surface area contributed by atoms with E-state index in [-0.39, 0.29) is 6.61 Å². The zero-order valence-electron chi connectivity index (χ0n) is 15.2. The van der Waals surface area contributed by atoms with Crippen molar-refractivity contribution in [3.05, 3.63) is 53.1 Å². The van der Waals surface area contributed by atoms with E-state index in [2.05, 4.69) is 14.9 Å². The third-order valence-corrected chi connectivity index (χ3v) is 5.47. The number of nitrogens with zero attached hydrogens (tertiary/aromatic N) is 3. The fraction of sp³-hybridized carbons (Fsp3) is 0.524. The molecule has 26 heavy (non-hydrogen) atoms. The zero-order valence-corrected chi connectivity index (χ0v) is 15.2. The molecule has 1 fully saturated rings. The van der Waals surface area contributed by atoms with Crippen LogP contribution in [0.4, 0.5) is 0 Å². The van der Waals surface area contributed by atoms with Crippen molar-refractivity contribution in [1.29, 1.82) is 0 Å². The molecule has 138 valence electrons. The number of fused-ring (bicyclic) bond motifs is 1. The van der Waals surface area contributed by atoms with E-state index < -0.39 is 0 Å². The summed E-state index contributed by atoms with van der Waals surface area (Å²) in [6.07, 6.45) is 10.4. The summed E-state index contributed by atoms with van der Waals surface area (Å²) in [4.78, 5) is 11.7. The van der Waals surface area contributed by atoms with Gasteiger partial charge in [-0.15, -0.1) is 0 Å². The van der Waals surface area contributed by atoms with Crippen molar-refractivity contribution in [3.63, 3.8) is 0 Å². The van der Waals surface area contributed by atoms with Crippen LogP contribution in [0.1, 0.15) is 60.5 Å². The second-order valence-electron chi connectivity index (χ2n) is 7.44. The van der Waals surface area contributed by atoms with Gasteiger partial charge in [-0.3, -0.25) is 4.90 Å². The summed E-state index contributed by atoms with van der Waals surface area (Å²) < 4.78 is 5.86. The number of ether oxygens (including phenoxy) is 1. The van der Waals surface area contributed by atoms with E-state index in [9.17, 15) is 5.11 Å². The maximum absolute atomic E-state index is 9.37. The Hall–Kier alpha value is -1.98. The lowest BCUT2D eigenvalue weighted by Gasteiger charge is -2.21. The normalized spacial score (nSPS) is 18.8. The molecule has 0 amide bonds. The summed E-state index contributed by atoms with van der Waals surface area (Å²) in [6.45, 7) is 3.23. The smallest absolute Gasteiger partial charge is 0.131 e. The Kier molecular flexibility index (Phi) is 5.46. The van der Waals surface area contributed by atoms with Gasteiger partial charge in [-0.25, -0.2) is 9.97 Å². The van der Waals surface area contributed by atoms with Gasteiger partial charge in [0, 0.05) is 49.1 Å². The van der Waals surface area contributed by atoms with Gasteiger partial charge in [-0.05, 0) is 30.5 Å². The molecular formula is C21H27N3O2. The molecule has 0 saturated heterocycles. The largest absolute Gasteiger partial charge is 0.492 e. The van der Waals surface area contributed by atoms with Crippen LogP contribution in [0.25, 0.3) is 0 Å². The van der Waals surface area contributed by atoms with E-state index in [1.807, 2.05) is 30.6 Å². The number of aliphatic hydroxyl groups excluding tert-OH is 1. The first kappa shape index (κ1) is 17.4. The van der Waals surface area contributed by atoms with Gasteiger partial charge < -0.3 is 9.84 Å². The molecule has 1 aliphatic heterocycles. The molecule has 0 spiro atoms. The Bertz CT molecular complexity index is 727. The highest BCUT2D eigenvalue weighted by atomic mass is 16.5. The third kappa shape index (κ3) is 4.05. The fourth-order valence-corrected chi connectivity index (χ4v) is 4.01. The van der Waals surface area contributed by atoms with E-state index in [0.717, 1.165) is 47.9 Å². The van der Waals surface area contributed by atoms with Crippen LogP contribution in [-0.2, 0) is 19.7 Å². The summed E-state index contributed by atoms with van der Waals surface area (Å²) in [7, 11) is 0. The van der Waals surface area contributed by atoms with Crippen molar-refractivity contribution in [3.8, 4) is 5.75 Å². The van der Waals surface area contributed by atoms with Crippen molar-refractivity contribution in [2.24, 2.45) is 0 Å². The van der Waals surface area contributed by atoms with E-state index in [0.29, 0.717) is 12.5 Å². The summed E-state index contributed by atoms with van der Waals surface area (Å²) in [5.74, 6) is 2.49. The van der Waals surface area contributed by atoms with Crippen LogP contribution in [0.3, 0.4) is 0 Å². The van der Waals surface area contributed by atoms with Crippen LogP contribution in [0.5, 0.6) is 5.75 Å². The highest BCUT2D eigenvalue weighted by Crippen LogP contribution is 2.30. The third-order valence-electron chi connectivity index (χ3n) is 5.47. The van der Waals surface area contributed by atoms with Crippen molar-refractivity contribution in [2.45, 2.75) is 57.7 Å². The average Bonchev–Trinajstić information content (AvgIpc) is 2.90. The minimum Gasteiger partial charge on any atom is -0.492 e. The standard InChI is InChI=1S/C21H27N3O2/c25-15-16-6-7-20-19(10-16)14-24(8-9-26-20)13-17-11-22-21(23-12-17)18-4-2-1-3-5-18/h6-7,10-12,18,25H,1-5,8-9,13-15H2. The minimum atomic E-state index is 0.0593. The van der Waals surface area contributed by atoms with Gasteiger partial charge in [0.2, 0.25) is 0 Å². The average molecular weight is 353 g/mol. The topological polar surface area (TPSA) is 58.5 Å². The molecular weight excluding hydrogens is 326 g/mol. The monoisotopic (exact) mass is 353 g/mol. The summed E-state index contributed by atoms with van der Waals surface area (Å²) in [5, 5.41) is 9.37. The van der Waals surface area contributed by atoms with Crippen LogP contribution in [-0.4, -0.2) is 33.1 Å². The highest BCUT2D eigenvalue weighted by Gasteiger charge is 2.19. The lowest BCUT2D eigenvalue weighted by Crippen LogP contribution is -2.25. The van der Waals surface area contributed by atoms with Crippen LogP contribution >= 0.6 is 0 Å². The molecule has 0 atom stereocenters. The molecule has 1 N–H and O–H groups in total. The molecule has 0 bridgehead atoms. The predicted molar refractivity (Wildman–Crippen MR) is 99.8 cm³/mol. The van der Waals surface area contributed by atoms with Crippen molar-refractivity contribution >= 4 is 0 Å². The van der Waals surface area contributed by atoms with Crippen LogP contribution in [0.2, 0.25) is 0 Å². The molecule has 2 aromatic rings. The molecule has 1 saturated carbocycles. The molecule has 2 aliphatic rings. The van der Waals surface area contributed by atoms with Crippen molar-refractivity contribution < 1.29 is 9.84 Å². The van der Waals surface area contributed by atoms with Gasteiger partial charge in [0.25, 0.3) is 0 Å². The van der Waals surface area contributed by atoms with Crippen LogP contribution < -0.4 is 4.74 Å². The van der Waals surface area contributed by atoms with E-state index in [1.165, 1.54) is 32.1 Å². The number of aliphatic hydroxyl groups is 1. The number of aromatic nitrogens is 2. The van der Waals surface area contributed by atoms with Gasteiger partial charge >= 0.3 is 0 Å². The Morgan fingerprint density at radius 2 is 1.88 bits per heavy atom. The summed E-state index contributed by atoms with van der Waals surface area (Å²) in [6, 6.07) is 5.93. The first-order chi connectivity index (χ1) is 12.8. The first-order valence-corrected chi connectivity index (χ1v) is 9.70. The lowest BCUT2D eigenvalue weighted by molar-refractivity contribution is 0.219. The SMILES string of the molecule is OCc1ccc2c(c1)CN(Cc1cnc(C3CCCCC3)nc1)CCO2. The van der Waals surface area contributed by atoms with Gasteiger partial charge in [0.05, 0.1) is 6.61 Å². The van der Waals surface area contributed by atoms with Gasteiger partial charge in [0.15, 0.2) is 0 Å². The Balaban J connectivity index is 1.43. The minimum absolute atomic E-state index is 0.0593. The zero-order chi connectivity index (χ0) is 17.8. The molecule has 0 unspecified atom stereocenters. The number of benzene rings is 1. The van der Waals surface area contributed by atoms with E-state index in [4.69, 9.17) is 4.74 Å². The first-order valence-electron chi connectivity index (χ1n) is 9.70.